The highest BCUT2D eigenvalue weighted by Gasteiger charge is 2.46. The summed E-state index contributed by atoms with van der Waals surface area (Å²) in [7, 11) is 3.09. The van der Waals surface area contributed by atoms with E-state index in [9.17, 15) is 14.7 Å². The molecule has 1 saturated heterocycles. The van der Waals surface area contributed by atoms with Crippen molar-refractivity contribution in [3.05, 3.63) is 59.2 Å². The number of nitrogens with zero attached hydrogens (tertiary/aromatic N) is 2. The molecule has 0 unspecified atom stereocenters. The highest BCUT2D eigenvalue weighted by Crippen LogP contribution is 2.42. The normalized spacial score (nSPS) is 17.2. The number of hydrogen-bond donors (Lipinski definition) is 1. The zero-order chi connectivity index (χ0) is 25.5. The Morgan fingerprint density at radius 2 is 1.66 bits per heavy atom. The molecule has 0 aliphatic carbocycles. The molecule has 1 heterocycles. The molecule has 8 heteroatoms. The van der Waals surface area contributed by atoms with Gasteiger partial charge in [0.1, 0.15) is 11.5 Å². The monoisotopic (exact) mass is 482 g/mol. The fourth-order valence-corrected chi connectivity index (χ4v) is 4.28. The number of Topliss-reactive ketones (excluding diaryl/α,β-unsaturated/α-hetero) is 1. The minimum atomic E-state index is -0.766. The number of carbonyl (C=O) groups excluding carboxylic acids is 2. The minimum absolute atomic E-state index is 0.0472. The van der Waals surface area contributed by atoms with Crippen molar-refractivity contribution in [2.45, 2.75) is 26.8 Å². The molecule has 35 heavy (non-hydrogen) atoms. The third-order valence-corrected chi connectivity index (χ3v) is 6.26. The van der Waals surface area contributed by atoms with Crippen molar-refractivity contribution in [2.24, 2.45) is 0 Å². The second kappa shape index (κ2) is 11.8. The van der Waals surface area contributed by atoms with Gasteiger partial charge < -0.3 is 29.1 Å². The fraction of sp³-hybridized carbons (Fsp3) is 0.407. The summed E-state index contributed by atoms with van der Waals surface area (Å²) in [5.41, 5.74) is 1.13. The molecule has 3 rings (SSSR count). The second-order valence-electron chi connectivity index (χ2n) is 8.09. The number of aliphatic hydroxyl groups is 1. The average Bonchev–Trinajstić information content (AvgIpc) is 3.14. The smallest absolute Gasteiger partial charge is 0.295 e. The first-order chi connectivity index (χ1) is 16.9. The molecule has 1 aliphatic rings. The summed E-state index contributed by atoms with van der Waals surface area (Å²) in [5.74, 6) is 0.0983. The van der Waals surface area contributed by atoms with Crippen LogP contribution in [0.25, 0.3) is 5.76 Å². The quantitative estimate of drug-likeness (QED) is 0.296. The molecule has 0 aromatic heterocycles. The van der Waals surface area contributed by atoms with Gasteiger partial charge in [0.15, 0.2) is 11.5 Å². The lowest BCUT2D eigenvalue weighted by Crippen LogP contribution is -2.38. The lowest BCUT2D eigenvalue weighted by molar-refractivity contribution is -0.140. The number of ketones is 1. The van der Waals surface area contributed by atoms with E-state index in [1.807, 2.05) is 6.92 Å². The predicted octanol–water partition coefficient (Wildman–Crippen LogP) is 3.87. The molecule has 2 aromatic carbocycles. The van der Waals surface area contributed by atoms with E-state index in [2.05, 4.69) is 18.7 Å². The van der Waals surface area contributed by atoms with Gasteiger partial charge in [-0.1, -0.05) is 19.9 Å². The van der Waals surface area contributed by atoms with Crippen LogP contribution >= 0.6 is 0 Å². The van der Waals surface area contributed by atoms with E-state index in [-0.39, 0.29) is 11.3 Å². The van der Waals surface area contributed by atoms with Crippen molar-refractivity contribution < 1.29 is 28.9 Å². The third-order valence-electron chi connectivity index (χ3n) is 6.26. The first-order valence-corrected chi connectivity index (χ1v) is 11.9. The van der Waals surface area contributed by atoms with Crippen LogP contribution in [0.15, 0.2) is 48.0 Å². The maximum absolute atomic E-state index is 13.2. The van der Waals surface area contributed by atoms with Crippen LogP contribution in [0.5, 0.6) is 17.2 Å². The Hall–Kier alpha value is -3.52. The van der Waals surface area contributed by atoms with E-state index < -0.39 is 17.7 Å². The molecule has 0 bridgehead atoms. The van der Waals surface area contributed by atoms with Crippen molar-refractivity contribution >= 4 is 17.4 Å². The summed E-state index contributed by atoms with van der Waals surface area (Å²) >= 11 is 0. The van der Waals surface area contributed by atoms with Crippen LogP contribution in [0.1, 0.15) is 37.9 Å². The molecule has 1 atom stereocenters. The Kier molecular flexibility index (Phi) is 8.76. The van der Waals surface area contributed by atoms with E-state index in [4.69, 9.17) is 14.2 Å². The number of methoxy groups -OCH3 is 2. The molecule has 1 aliphatic heterocycles. The van der Waals surface area contributed by atoms with Crippen LogP contribution in [-0.2, 0) is 9.59 Å². The van der Waals surface area contributed by atoms with E-state index >= 15 is 0 Å². The number of carbonyl (C=O) groups is 2. The summed E-state index contributed by atoms with van der Waals surface area (Å²) < 4.78 is 16.3. The molecular formula is C27H34N2O6. The molecule has 1 amide bonds. The number of aliphatic hydroxyl groups excluding tert-OH is 1. The van der Waals surface area contributed by atoms with E-state index in [0.29, 0.717) is 48.1 Å². The number of amides is 1. The highest BCUT2D eigenvalue weighted by molar-refractivity contribution is 6.46. The van der Waals surface area contributed by atoms with Crippen LogP contribution in [0.4, 0.5) is 0 Å². The number of rotatable bonds is 11. The molecular weight excluding hydrogens is 448 g/mol. The Labute approximate surface area is 206 Å². The topological polar surface area (TPSA) is 88.5 Å². The highest BCUT2D eigenvalue weighted by atomic mass is 16.5. The van der Waals surface area contributed by atoms with Crippen molar-refractivity contribution in [1.29, 1.82) is 0 Å². The lowest BCUT2D eigenvalue weighted by Gasteiger charge is -2.28. The van der Waals surface area contributed by atoms with E-state index in [1.165, 1.54) is 12.0 Å². The minimum Gasteiger partial charge on any atom is -0.507 e. The molecule has 0 saturated carbocycles. The standard InChI is InChI=1S/C27H34N2O6/c1-6-28(7-2)15-16-29-24(19-11-14-21(35-8-3)22(17-19)34-5)23(26(31)27(29)32)25(30)18-9-12-20(33-4)13-10-18/h9-14,17,24,30H,6-8,15-16H2,1-5H3/t24-/m0/s1. The van der Waals surface area contributed by atoms with E-state index in [1.54, 1.807) is 49.6 Å². The summed E-state index contributed by atoms with van der Waals surface area (Å²) in [5, 5.41) is 11.2. The summed E-state index contributed by atoms with van der Waals surface area (Å²) in [6.07, 6.45) is 0. The molecule has 0 radical (unpaired) electrons. The van der Waals surface area contributed by atoms with Gasteiger partial charge in [0.05, 0.1) is 32.4 Å². The number of ether oxygens (including phenoxy) is 3. The SMILES string of the molecule is CCOc1ccc([C@H]2C(=C(O)c3ccc(OC)cc3)C(=O)C(=O)N2CCN(CC)CC)cc1OC. The zero-order valence-electron chi connectivity index (χ0n) is 21.0. The summed E-state index contributed by atoms with van der Waals surface area (Å²) in [6.45, 7) is 9.05. The van der Waals surface area contributed by atoms with Gasteiger partial charge in [-0.3, -0.25) is 9.59 Å². The lowest BCUT2D eigenvalue weighted by atomic mass is 9.95. The van der Waals surface area contributed by atoms with Gasteiger partial charge in [0.2, 0.25) is 0 Å². The molecule has 1 fully saturated rings. The van der Waals surface area contributed by atoms with Crippen LogP contribution in [0, 0.1) is 0 Å². The van der Waals surface area contributed by atoms with Crippen LogP contribution < -0.4 is 14.2 Å². The second-order valence-corrected chi connectivity index (χ2v) is 8.09. The Morgan fingerprint density at radius 1 is 0.971 bits per heavy atom. The first kappa shape index (κ1) is 26.1. The van der Waals surface area contributed by atoms with Gasteiger partial charge in [-0.25, -0.2) is 0 Å². The van der Waals surface area contributed by atoms with Gasteiger partial charge in [-0.15, -0.1) is 0 Å². The Morgan fingerprint density at radius 3 is 2.23 bits per heavy atom. The maximum atomic E-state index is 13.2. The van der Waals surface area contributed by atoms with Gasteiger partial charge >= 0.3 is 0 Å². The predicted molar refractivity (Wildman–Crippen MR) is 134 cm³/mol. The van der Waals surface area contributed by atoms with Crippen LogP contribution in [-0.4, -0.2) is 73.6 Å². The zero-order valence-corrected chi connectivity index (χ0v) is 21.0. The third kappa shape index (κ3) is 5.43. The van der Waals surface area contributed by atoms with Crippen molar-refractivity contribution in [2.75, 3.05) is 47.0 Å². The van der Waals surface area contributed by atoms with Gasteiger partial charge in [-0.2, -0.15) is 0 Å². The van der Waals surface area contributed by atoms with Crippen LogP contribution in [0.2, 0.25) is 0 Å². The largest absolute Gasteiger partial charge is 0.507 e. The molecule has 188 valence electrons. The van der Waals surface area contributed by atoms with Gasteiger partial charge in [-0.05, 0) is 62.0 Å². The van der Waals surface area contributed by atoms with E-state index in [0.717, 1.165) is 13.1 Å². The molecule has 0 spiro atoms. The van der Waals surface area contributed by atoms with Gasteiger partial charge in [0, 0.05) is 18.7 Å². The molecule has 1 N–H and O–H groups in total. The molecule has 8 nitrogen and oxygen atoms in total. The molecule has 2 aromatic rings. The maximum Gasteiger partial charge on any atom is 0.295 e. The summed E-state index contributed by atoms with van der Waals surface area (Å²) in [4.78, 5) is 30.1. The van der Waals surface area contributed by atoms with Crippen LogP contribution in [0.3, 0.4) is 0 Å². The average molecular weight is 483 g/mol. The number of benzene rings is 2. The number of likely N-dealkylation sites (N-methyl/N-ethyl adjacent to an activating group) is 1. The Balaban J connectivity index is 2.13. The van der Waals surface area contributed by atoms with Crippen molar-refractivity contribution in [1.82, 2.24) is 9.80 Å². The first-order valence-electron chi connectivity index (χ1n) is 11.9. The number of hydrogen-bond acceptors (Lipinski definition) is 7. The van der Waals surface area contributed by atoms with Gasteiger partial charge in [0.25, 0.3) is 11.7 Å². The Bertz CT molecular complexity index is 1080. The summed E-state index contributed by atoms with van der Waals surface area (Å²) in [6, 6.07) is 11.3. The van der Waals surface area contributed by atoms with Crippen molar-refractivity contribution in [3.63, 3.8) is 0 Å². The number of likely N-dealkylation sites (tertiary alicyclic amines) is 1. The fourth-order valence-electron chi connectivity index (χ4n) is 4.28. The van der Waals surface area contributed by atoms with Crippen molar-refractivity contribution in [3.8, 4) is 17.2 Å².